The summed E-state index contributed by atoms with van der Waals surface area (Å²) in [4.78, 5) is 3.90. The molecule has 1 aromatic carbocycles. The minimum absolute atomic E-state index is 0.0391. The first-order valence-electron chi connectivity index (χ1n) is 5.68. The van der Waals surface area contributed by atoms with Gasteiger partial charge in [0.25, 0.3) is 0 Å². The highest BCUT2D eigenvalue weighted by molar-refractivity contribution is 9.10. The highest BCUT2D eigenvalue weighted by Crippen LogP contribution is 2.26. The van der Waals surface area contributed by atoms with Crippen molar-refractivity contribution in [2.45, 2.75) is 13.0 Å². The Morgan fingerprint density at radius 2 is 2.15 bits per heavy atom. The van der Waals surface area contributed by atoms with Gasteiger partial charge in [0.05, 0.1) is 35.6 Å². The number of halogens is 1. The third kappa shape index (κ3) is 6.85. The van der Waals surface area contributed by atoms with E-state index in [0.29, 0.717) is 25.3 Å². The Labute approximate surface area is 128 Å². The van der Waals surface area contributed by atoms with Gasteiger partial charge < -0.3 is 24.9 Å². The van der Waals surface area contributed by atoms with Crippen molar-refractivity contribution < 1.29 is 17.7 Å². The van der Waals surface area contributed by atoms with Gasteiger partial charge in [-0.3, -0.25) is 0 Å². The lowest BCUT2D eigenvalue weighted by Gasteiger charge is -2.10. The molecular weight excluding hydrogens is 350 g/mol. The molecular formula is C11H15BrN3O4S-. The molecule has 1 aromatic rings. The first-order chi connectivity index (χ1) is 9.49. The van der Waals surface area contributed by atoms with Gasteiger partial charge in [-0.25, -0.2) is 9.20 Å². The summed E-state index contributed by atoms with van der Waals surface area (Å²) < 4.78 is 30.9. The van der Waals surface area contributed by atoms with E-state index in [0.717, 1.165) is 10.0 Å². The molecule has 0 amide bonds. The number of hydrogen-bond acceptors (Lipinski definition) is 5. The number of hydrogen-bond donors (Lipinski definition) is 2. The summed E-state index contributed by atoms with van der Waals surface area (Å²) in [5, 5.41) is 0. The molecule has 0 radical (unpaired) electrons. The van der Waals surface area contributed by atoms with Gasteiger partial charge in [-0.05, 0) is 33.6 Å². The van der Waals surface area contributed by atoms with Gasteiger partial charge in [-0.1, -0.05) is 6.07 Å². The molecule has 0 spiro atoms. The Kier molecular flexibility index (Phi) is 7.52. The van der Waals surface area contributed by atoms with Crippen molar-refractivity contribution in [3.63, 3.8) is 0 Å². The van der Waals surface area contributed by atoms with Crippen molar-refractivity contribution in [1.82, 2.24) is 0 Å². The molecule has 0 fully saturated rings. The summed E-state index contributed by atoms with van der Waals surface area (Å²) in [5.74, 6) is 0.693. The summed E-state index contributed by atoms with van der Waals surface area (Å²) in [6, 6.07) is 5.48. The number of aliphatic imine (C=N–C) groups is 1. The lowest BCUT2D eigenvalue weighted by molar-refractivity contribution is 0.244. The quantitative estimate of drug-likeness (QED) is 0.304. The number of ether oxygens (including phenoxy) is 1. The van der Waals surface area contributed by atoms with Gasteiger partial charge in [0, 0.05) is 6.42 Å². The number of guanidine groups is 1. The van der Waals surface area contributed by atoms with Crippen LogP contribution in [-0.4, -0.2) is 27.9 Å². The second-order valence-corrected chi connectivity index (χ2v) is 5.23. The van der Waals surface area contributed by atoms with Crippen LogP contribution < -0.4 is 16.2 Å². The molecule has 0 saturated carbocycles. The second kappa shape index (κ2) is 8.90. The van der Waals surface area contributed by atoms with Crippen molar-refractivity contribution in [2.24, 2.45) is 16.5 Å². The monoisotopic (exact) mass is 364 g/mol. The number of nitrogens with zero attached hydrogens (tertiary/aromatic N) is 1. The summed E-state index contributed by atoms with van der Waals surface area (Å²) in [6.45, 7) is 0.837. The van der Waals surface area contributed by atoms with E-state index in [9.17, 15) is 8.76 Å². The average Bonchev–Trinajstić information content (AvgIpc) is 2.37. The van der Waals surface area contributed by atoms with E-state index in [1.807, 2.05) is 12.1 Å². The third-order valence-electron chi connectivity index (χ3n) is 2.17. The second-order valence-electron chi connectivity index (χ2n) is 3.73. The molecule has 112 valence electrons. The highest BCUT2D eigenvalue weighted by atomic mass is 79.9. The maximum Gasteiger partial charge on any atom is 0.186 e. The minimum Gasteiger partial charge on any atom is -0.750 e. The number of rotatable bonds is 8. The molecule has 0 bridgehead atoms. The molecule has 1 unspecified atom stereocenters. The molecule has 0 aromatic heterocycles. The first-order valence-corrected chi connectivity index (χ1v) is 7.47. The van der Waals surface area contributed by atoms with Gasteiger partial charge in [-0.15, -0.1) is 0 Å². The van der Waals surface area contributed by atoms with Gasteiger partial charge in [0.15, 0.2) is 5.96 Å². The smallest absolute Gasteiger partial charge is 0.186 e. The predicted molar refractivity (Wildman–Crippen MR) is 78.6 cm³/mol. The molecule has 4 N–H and O–H groups in total. The van der Waals surface area contributed by atoms with Crippen LogP contribution in [0, 0.1) is 0 Å². The van der Waals surface area contributed by atoms with Crippen molar-refractivity contribution in [3.8, 4) is 5.75 Å². The molecule has 0 aliphatic carbocycles. The Hall–Kier alpha value is -1.16. The fraction of sp³-hybridized carbons (Fsp3) is 0.364. The van der Waals surface area contributed by atoms with Crippen molar-refractivity contribution in [1.29, 1.82) is 0 Å². The Balaban J connectivity index is 2.43. The zero-order valence-electron chi connectivity index (χ0n) is 10.6. The van der Waals surface area contributed by atoms with Crippen LogP contribution in [0.3, 0.4) is 0 Å². The first kappa shape index (κ1) is 16.9. The van der Waals surface area contributed by atoms with Gasteiger partial charge in [0.1, 0.15) is 5.75 Å². The molecule has 0 heterocycles. The third-order valence-corrected chi connectivity index (χ3v) is 3.15. The molecule has 0 aliphatic heterocycles. The van der Waals surface area contributed by atoms with Gasteiger partial charge in [0.2, 0.25) is 0 Å². The van der Waals surface area contributed by atoms with Crippen LogP contribution in [0.1, 0.15) is 12.0 Å². The fourth-order valence-electron chi connectivity index (χ4n) is 1.31. The Morgan fingerprint density at radius 3 is 2.75 bits per heavy atom. The summed E-state index contributed by atoms with van der Waals surface area (Å²) in [6.07, 6.45) is 0.468. The van der Waals surface area contributed by atoms with E-state index >= 15 is 0 Å². The van der Waals surface area contributed by atoms with E-state index in [4.69, 9.17) is 16.2 Å². The van der Waals surface area contributed by atoms with E-state index < -0.39 is 11.4 Å². The predicted octanol–water partition coefficient (Wildman–Crippen LogP) is 0.802. The van der Waals surface area contributed by atoms with E-state index in [-0.39, 0.29) is 12.6 Å². The van der Waals surface area contributed by atoms with Crippen molar-refractivity contribution >= 4 is 33.3 Å². The normalized spacial score (nSPS) is 11.9. The topological polar surface area (TPSA) is 123 Å². The standard InChI is InChI=1S/C11H16BrN3O4S/c12-9-6-8(7-15-11(13)14)2-3-10(9)18-4-1-5-19-20(16)17/h2-3,6H,1,4-5,7H2,(H,16,17)(H4,13,14,15)/p-1. The molecule has 20 heavy (non-hydrogen) atoms. The van der Waals surface area contributed by atoms with E-state index in [1.165, 1.54) is 0 Å². The minimum atomic E-state index is -2.48. The van der Waals surface area contributed by atoms with Crippen LogP contribution in [0.5, 0.6) is 5.75 Å². The zero-order chi connectivity index (χ0) is 15.0. The molecule has 1 atom stereocenters. The Bertz CT molecular complexity index is 495. The highest BCUT2D eigenvalue weighted by Gasteiger charge is 2.03. The van der Waals surface area contributed by atoms with Crippen LogP contribution in [0.2, 0.25) is 0 Å². The largest absolute Gasteiger partial charge is 0.750 e. The van der Waals surface area contributed by atoms with Gasteiger partial charge >= 0.3 is 0 Å². The lowest BCUT2D eigenvalue weighted by Crippen LogP contribution is -2.22. The maximum atomic E-state index is 10.1. The average molecular weight is 365 g/mol. The summed E-state index contributed by atoms with van der Waals surface area (Å²) in [5.41, 5.74) is 11.5. The van der Waals surface area contributed by atoms with Crippen molar-refractivity contribution in [2.75, 3.05) is 13.2 Å². The van der Waals surface area contributed by atoms with Crippen LogP contribution in [-0.2, 0) is 22.1 Å². The SMILES string of the molecule is NC(N)=NCc1ccc(OCCCOS(=O)[O-])c(Br)c1. The van der Waals surface area contributed by atoms with Crippen LogP contribution in [0.25, 0.3) is 0 Å². The number of nitrogens with two attached hydrogens (primary N) is 2. The summed E-state index contributed by atoms with van der Waals surface area (Å²) in [7, 11) is 0. The maximum absolute atomic E-state index is 10.1. The lowest BCUT2D eigenvalue weighted by atomic mass is 10.2. The van der Waals surface area contributed by atoms with E-state index in [2.05, 4.69) is 25.1 Å². The summed E-state index contributed by atoms with van der Waals surface area (Å²) >= 11 is 0.906. The molecule has 0 aliphatic rings. The van der Waals surface area contributed by atoms with E-state index in [1.54, 1.807) is 6.07 Å². The number of benzene rings is 1. The molecule has 9 heteroatoms. The van der Waals surface area contributed by atoms with Crippen LogP contribution >= 0.6 is 15.9 Å². The Morgan fingerprint density at radius 1 is 1.40 bits per heavy atom. The zero-order valence-corrected chi connectivity index (χ0v) is 13.0. The van der Waals surface area contributed by atoms with Crippen LogP contribution in [0.15, 0.2) is 27.7 Å². The van der Waals surface area contributed by atoms with Crippen LogP contribution in [0.4, 0.5) is 0 Å². The fourth-order valence-corrected chi connectivity index (χ4v) is 2.10. The molecule has 7 nitrogen and oxygen atoms in total. The van der Waals surface area contributed by atoms with Gasteiger partial charge in [-0.2, -0.15) is 0 Å². The van der Waals surface area contributed by atoms with Crippen molar-refractivity contribution in [3.05, 3.63) is 28.2 Å². The molecule has 0 saturated heterocycles. The molecule has 1 rings (SSSR count).